The van der Waals surface area contributed by atoms with E-state index in [2.05, 4.69) is 4.99 Å². The zero-order chi connectivity index (χ0) is 18.1. The van der Waals surface area contributed by atoms with Gasteiger partial charge in [0.15, 0.2) is 4.80 Å². The fourth-order valence-corrected chi connectivity index (χ4v) is 3.54. The van der Waals surface area contributed by atoms with Gasteiger partial charge in [-0.3, -0.25) is 14.9 Å². The first-order valence-corrected chi connectivity index (χ1v) is 8.29. The van der Waals surface area contributed by atoms with Gasteiger partial charge in [-0.25, -0.2) is 0 Å². The molecule has 25 heavy (non-hydrogen) atoms. The van der Waals surface area contributed by atoms with Crippen LogP contribution in [0.2, 0.25) is 0 Å². The number of thiazole rings is 1. The molecule has 0 bridgehead atoms. The summed E-state index contributed by atoms with van der Waals surface area (Å²) in [4.78, 5) is 29.6. The van der Waals surface area contributed by atoms with E-state index in [0.717, 1.165) is 10.2 Å². The minimum absolute atomic E-state index is 0.119. The van der Waals surface area contributed by atoms with Gasteiger partial charge in [0, 0.05) is 32.8 Å². The van der Waals surface area contributed by atoms with Crippen molar-refractivity contribution in [2.75, 3.05) is 19.0 Å². The van der Waals surface area contributed by atoms with Crippen LogP contribution < -0.4 is 9.70 Å². The highest BCUT2D eigenvalue weighted by atomic mass is 32.1. The number of carbonyl (C=O) groups is 1. The molecule has 0 unspecified atom stereocenters. The van der Waals surface area contributed by atoms with Gasteiger partial charge in [-0.15, -0.1) is 0 Å². The molecule has 3 aromatic rings. The number of aryl methyl sites for hydroxylation is 1. The Hall–Kier alpha value is -3.00. The van der Waals surface area contributed by atoms with Gasteiger partial charge < -0.3 is 9.47 Å². The van der Waals surface area contributed by atoms with Crippen LogP contribution in [0.15, 0.2) is 47.5 Å². The topological polar surface area (TPSA) is 80.7 Å². The van der Waals surface area contributed by atoms with Crippen LogP contribution in [0.3, 0.4) is 0 Å². The number of anilines is 1. The highest BCUT2D eigenvalue weighted by Gasteiger charge is 2.18. The summed E-state index contributed by atoms with van der Waals surface area (Å²) in [6.45, 7) is 0. The molecule has 0 atom stereocenters. The van der Waals surface area contributed by atoms with Crippen molar-refractivity contribution in [1.82, 2.24) is 4.57 Å². The molecule has 1 heterocycles. The van der Waals surface area contributed by atoms with Crippen molar-refractivity contribution in [1.29, 1.82) is 0 Å². The van der Waals surface area contributed by atoms with Gasteiger partial charge in [0.2, 0.25) is 0 Å². The predicted molar refractivity (Wildman–Crippen MR) is 98.1 cm³/mol. The van der Waals surface area contributed by atoms with Crippen molar-refractivity contribution < 1.29 is 9.72 Å². The lowest BCUT2D eigenvalue weighted by Crippen LogP contribution is -2.14. The van der Waals surface area contributed by atoms with Crippen molar-refractivity contribution in [2.45, 2.75) is 0 Å². The molecule has 0 fully saturated rings. The number of benzene rings is 2. The average molecular weight is 356 g/mol. The van der Waals surface area contributed by atoms with Gasteiger partial charge >= 0.3 is 0 Å². The summed E-state index contributed by atoms with van der Waals surface area (Å²) >= 11 is 1.40. The Kier molecular flexibility index (Phi) is 4.37. The Morgan fingerprint density at radius 1 is 1.24 bits per heavy atom. The Morgan fingerprint density at radius 3 is 2.60 bits per heavy atom. The van der Waals surface area contributed by atoms with E-state index in [1.807, 2.05) is 35.9 Å². The van der Waals surface area contributed by atoms with Crippen LogP contribution in [0, 0.1) is 10.1 Å². The van der Waals surface area contributed by atoms with Gasteiger partial charge in [0.25, 0.3) is 11.6 Å². The molecule has 1 amide bonds. The van der Waals surface area contributed by atoms with Crippen molar-refractivity contribution in [3.05, 3.63) is 62.9 Å². The van der Waals surface area contributed by atoms with Crippen LogP contribution in [0.4, 0.5) is 11.4 Å². The maximum Gasteiger partial charge on any atom is 0.293 e. The first kappa shape index (κ1) is 16.8. The van der Waals surface area contributed by atoms with E-state index in [-0.39, 0.29) is 11.3 Å². The molecule has 0 radical (unpaired) electrons. The Bertz CT molecular complexity index is 1050. The number of rotatable bonds is 3. The minimum atomic E-state index is -0.504. The predicted octanol–water partition coefficient (Wildman–Crippen LogP) is 2.96. The number of nitrogens with zero attached hydrogens (tertiary/aromatic N) is 4. The zero-order valence-electron chi connectivity index (χ0n) is 14.0. The van der Waals surface area contributed by atoms with Crippen LogP contribution in [-0.2, 0) is 7.05 Å². The lowest BCUT2D eigenvalue weighted by Gasteiger charge is -2.12. The smallest absolute Gasteiger partial charge is 0.293 e. The lowest BCUT2D eigenvalue weighted by molar-refractivity contribution is -0.384. The van der Waals surface area contributed by atoms with Gasteiger partial charge in [0.05, 0.1) is 15.1 Å². The van der Waals surface area contributed by atoms with Crippen molar-refractivity contribution in [3.8, 4) is 0 Å². The third kappa shape index (κ3) is 3.16. The largest absolute Gasteiger partial charge is 0.372 e. The minimum Gasteiger partial charge on any atom is -0.372 e. The van der Waals surface area contributed by atoms with Crippen LogP contribution >= 0.6 is 11.3 Å². The molecule has 0 N–H and O–H groups in total. The molecule has 0 aliphatic carbocycles. The van der Waals surface area contributed by atoms with Gasteiger partial charge in [-0.2, -0.15) is 4.99 Å². The van der Waals surface area contributed by atoms with E-state index in [9.17, 15) is 14.9 Å². The number of carbonyl (C=O) groups excluding carboxylic acids is 1. The fourth-order valence-electron chi connectivity index (χ4n) is 2.52. The summed E-state index contributed by atoms with van der Waals surface area (Å²) in [5.74, 6) is -0.504. The summed E-state index contributed by atoms with van der Waals surface area (Å²) < 4.78 is 2.85. The number of hydrogen-bond acceptors (Lipinski definition) is 5. The second-order valence-corrected chi connectivity index (χ2v) is 6.69. The van der Waals surface area contributed by atoms with Crippen LogP contribution in [0.25, 0.3) is 10.2 Å². The molecule has 0 saturated carbocycles. The lowest BCUT2D eigenvalue weighted by atomic mass is 10.1. The highest BCUT2D eigenvalue weighted by molar-refractivity contribution is 7.16. The molecule has 0 saturated heterocycles. The zero-order valence-corrected chi connectivity index (χ0v) is 14.8. The first-order valence-electron chi connectivity index (χ1n) is 7.48. The third-order valence-electron chi connectivity index (χ3n) is 3.81. The Balaban J connectivity index is 2.07. The van der Waals surface area contributed by atoms with E-state index >= 15 is 0 Å². The summed E-state index contributed by atoms with van der Waals surface area (Å²) in [7, 11) is 5.26. The van der Waals surface area contributed by atoms with Crippen molar-refractivity contribution in [2.24, 2.45) is 12.0 Å². The van der Waals surface area contributed by atoms with E-state index < -0.39 is 10.8 Å². The molecule has 7 nitrogen and oxygen atoms in total. The molecule has 0 aliphatic heterocycles. The maximum atomic E-state index is 12.5. The maximum absolute atomic E-state index is 12.5. The molecule has 2 aromatic carbocycles. The summed E-state index contributed by atoms with van der Waals surface area (Å²) in [5, 5.41) is 11.3. The van der Waals surface area contributed by atoms with Crippen molar-refractivity contribution >= 4 is 38.8 Å². The molecular weight excluding hydrogens is 340 g/mol. The quantitative estimate of drug-likeness (QED) is 0.534. The highest BCUT2D eigenvalue weighted by Crippen LogP contribution is 2.28. The molecule has 0 spiro atoms. The van der Waals surface area contributed by atoms with Crippen molar-refractivity contribution in [3.63, 3.8) is 0 Å². The summed E-state index contributed by atoms with van der Waals surface area (Å²) in [6, 6.07) is 12.1. The monoisotopic (exact) mass is 356 g/mol. The van der Waals surface area contributed by atoms with Gasteiger partial charge in [-0.1, -0.05) is 23.5 Å². The molecule has 8 heteroatoms. The fraction of sp³-hybridized carbons (Fsp3) is 0.176. The van der Waals surface area contributed by atoms with Gasteiger partial charge in [0.1, 0.15) is 5.69 Å². The second kappa shape index (κ2) is 6.48. The van der Waals surface area contributed by atoms with E-state index in [1.165, 1.54) is 17.4 Å². The summed E-state index contributed by atoms with van der Waals surface area (Å²) in [6.07, 6.45) is 0. The van der Waals surface area contributed by atoms with Crippen LogP contribution in [0.1, 0.15) is 10.4 Å². The Morgan fingerprint density at radius 2 is 1.96 bits per heavy atom. The first-order chi connectivity index (χ1) is 11.9. The number of para-hydroxylation sites is 1. The number of amides is 1. The number of aromatic nitrogens is 1. The molecular formula is C17H16N4O3S. The van der Waals surface area contributed by atoms with E-state index in [1.54, 1.807) is 31.1 Å². The number of nitro benzene ring substituents is 1. The van der Waals surface area contributed by atoms with Crippen LogP contribution in [0.5, 0.6) is 0 Å². The number of fused-ring (bicyclic) bond motifs is 1. The SMILES string of the molecule is CN(C)c1ccc(C(=O)N=c2sc3ccccc3n2C)cc1[N+](=O)[O-]. The van der Waals surface area contributed by atoms with Gasteiger partial charge in [-0.05, 0) is 24.3 Å². The third-order valence-corrected chi connectivity index (χ3v) is 4.93. The summed E-state index contributed by atoms with van der Waals surface area (Å²) in [5.41, 5.74) is 1.49. The average Bonchev–Trinajstić information content (AvgIpc) is 2.90. The standard InChI is InChI=1S/C17H16N4O3S/c1-19(2)12-9-8-11(10-14(12)21(23)24)16(22)18-17-20(3)13-6-4-5-7-15(13)25-17/h4-10H,1-3H3. The molecule has 3 rings (SSSR count). The molecule has 1 aromatic heterocycles. The molecule has 128 valence electrons. The van der Waals surface area contributed by atoms with E-state index in [0.29, 0.717) is 10.5 Å². The number of hydrogen-bond donors (Lipinski definition) is 0. The van der Waals surface area contributed by atoms with E-state index in [4.69, 9.17) is 0 Å². The normalized spacial score (nSPS) is 11.7. The molecule has 0 aliphatic rings. The second-order valence-electron chi connectivity index (χ2n) is 5.68. The van der Waals surface area contributed by atoms with Crippen LogP contribution in [-0.4, -0.2) is 29.5 Å². The Labute approximate surface area is 147 Å². The number of nitro groups is 1.